The average molecular weight is 227 g/mol. The summed E-state index contributed by atoms with van der Waals surface area (Å²) in [7, 11) is -3.46. The summed E-state index contributed by atoms with van der Waals surface area (Å²) in [6.07, 6.45) is 0. The zero-order valence-electron chi connectivity index (χ0n) is 8.21. The van der Waals surface area contributed by atoms with Crippen LogP contribution in [0.2, 0.25) is 0 Å². The van der Waals surface area contributed by atoms with Gasteiger partial charge in [0.1, 0.15) is 0 Å². The Balaban J connectivity index is 2.77. The average Bonchev–Trinajstić information content (AvgIpc) is 2.19. The summed E-state index contributed by atoms with van der Waals surface area (Å²) in [4.78, 5) is 9.90. The minimum absolute atomic E-state index is 0.142. The fraction of sp³-hybridized carbons (Fsp3) is 0.300. The van der Waals surface area contributed by atoms with E-state index in [0.717, 1.165) is 6.47 Å². The molecule has 0 saturated heterocycles. The highest BCUT2D eigenvalue weighted by Gasteiger charge is 2.22. The van der Waals surface area contributed by atoms with Crippen molar-refractivity contribution in [3.05, 3.63) is 35.9 Å². The highest BCUT2D eigenvalue weighted by molar-refractivity contribution is 7.91. The van der Waals surface area contributed by atoms with Crippen molar-refractivity contribution < 1.29 is 17.9 Å². The van der Waals surface area contributed by atoms with Gasteiger partial charge < -0.3 is 4.74 Å². The second kappa shape index (κ2) is 4.93. The minimum atomic E-state index is -3.46. The number of hydrogen-bond donors (Lipinski definition) is 0. The van der Waals surface area contributed by atoms with E-state index < -0.39 is 15.3 Å². The Bertz CT molecular complexity index is 410. The first-order chi connectivity index (χ1) is 7.06. The fourth-order valence-electron chi connectivity index (χ4n) is 1.06. The van der Waals surface area contributed by atoms with Gasteiger partial charge in [0.2, 0.25) is 0 Å². The third-order valence-corrected chi connectivity index (χ3v) is 3.77. The molecular formula is C10H11O4S. The molecule has 1 radical (unpaired) electrons. The van der Waals surface area contributed by atoms with Crippen molar-refractivity contribution >= 4 is 16.3 Å². The molecule has 0 aromatic heterocycles. The van der Waals surface area contributed by atoms with Gasteiger partial charge in [0, 0.05) is 0 Å². The van der Waals surface area contributed by atoms with Gasteiger partial charge in [-0.3, -0.25) is 0 Å². The molecule has 1 unspecified atom stereocenters. The summed E-state index contributed by atoms with van der Waals surface area (Å²) < 4.78 is 27.5. The van der Waals surface area contributed by atoms with Crippen LogP contribution in [0.3, 0.4) is 0 Å². The first-order valence-electron chi connectivity index (χ1n) is 4.34. The van der Waals surface area contributed by atoms with Crippen LogP contribution in [0.1, 0.15) is 12.5 Å². The van der Waals surface area contributed by atoms with E-state index in [-0.39, 0.29) is 5.75 Å². The summed E-state index contributed by atoms with van der Waals surface area (Å²) in [5.74, 6) is -0.142. The van der Waals surface area contributed by atoms with Crippen molar-refractivity contribution in [1.82, 2.24) is 0 Å². The molecular weight excluding hydrogens is 216 g/mol. The molecule has 15 heavy (non-hydrogen) atoms. The number of rotatable bonds is 5. The second-order valence-electron chi connectivity index (χ2n) is 3.06. The van der Waals surface area contributed by atoms with E-state index in [9.17, 15) is 13.2 Å². The molecule has 0 bridgehead atoms. The molecule has 0 fully saturated rings. The molecule has 81 valence electrons. The van der Waals surface area contributed by atoms with E-state index in [2.05, 4.69) is 4.74 Å². The van der Waals surface area contributed by atoms with Crippen LogP contribution >= 0.6 is 0 Å². The van der Waals surface area contributed by atoms with Gasteiger partial charge in [-0.05, 0) is 12.5 Å². The summed E-state index contributed by atoms with van der Waals surface area (Å²) in [5, 5.41) is 0. The molecule has 0 spiro atoms. The van der Waals surface area contributed by atoms with E-state index in [0.29, 0.717) is 5.56 Å². The molecule has 4 nitrogen and oxygen atoms in total. The number of hydrogen-bond acceptors (Lipinski definition) is 4. The number of ether oxygens (including phenoxy) is 1. The molecule has 0 N–H and O–H groups in total. The van der Waals surface area contributed by atoms with Gasteiger partial charge in [0.05, 0.1) is 5.75 Å². The van der Waals surface area contributed by atoms with Crippen molar-refractivity contribution in [3.63, 3.8) is 0 Å². The maximum absolute atomic E-state index is 11.6. The molecule has 0 aliphatic heterocycles. The zero-order chi connectivity index (χ0) is 11.3. The molecule has 0 aliphatic rings. The lowest BCUT2D eigenvalue weighted by Gasteiger charge is -2.09. The van der Waals surface area contributed by atoms with Crippen LogP contribution in [-0.4, -0.2) is 20.3 Å². The molecule has 1 aromatic carbocycles. The quantitative estimate of drug-likeness (QED) is 0.753. The van der Waals surface area contributed by atoms with Gasteiger partial charge in [-0.2, -0.15) is 0 Å². The molecule has 5 heteroatoms. The van der Waals surface area contributed by atoms with Gasteiger partial charge in [-0.15, -0.1) is 0 Å². The van der Waals surface area contributed by atoms with Crippen molar-refractivity contribution in [3.8, 4) is 0 Å². The lowest BCUT2D eigenvalue weighted by atomic mass is 10.2. The molecule has 0 saturated carbocycles. The predicted octanol–water partition coefficient (Wildman–Crippen LogP) is 1.03. The first kappa shape index (κ1) is 11.7. The van der Waals surface area contributed by atoms with Gasteiger partial charge in [-0.1, -0.05) is 30.3 Å². The van der Waals surface area contributed by atoms with Crippen LogP contribution in [0.15, 0.2) is 30.3 Å². The lowest BCUT2D eigenvalue weighted by molar-refractivity contribution is 0.256. The third kappa shape index (κ3) is 3.36. The van der Waals surface area contributed by atoms with E-state index >= 15 is 0 Å². The van der Waals surface area contributed by atoms with E-state index in [1.807, 2.05) is 0 Å². The third-order valence-electron chi connectivity index (χ3n) is 1.93. The molecule has 1 atom stereocenters. The van der Waals surface area contributed by atoms with E-state index in [1.54, 1.807) is 30.3 Å². The standard InChI is InChI=1S/C10H11O4S/c1-9(14-8-11)15(12,13)7-10-5-3-2-4-6-10/h2-6,9H,7H2,1H3. The Morgan fingerprint density at radius 1 is 1.33 bits per heavy atom. The van der Waals surface area contributed by atoms with Gasteiger partial charge in [0.25, 0.3) is 0 Å². The number of carbonyl (C=O) groups excluding carboxylic acids is 1. The maximum atomic E-state index is 11.6. The molecule has 0 heterocycles. The zero-order valence-corrected chi connectivity index (χ0v) is 9.03. The summed E-state index contributed by atoms with van der Waals surface area (Å²) >= 11 is 0. The topological polar surface area (TPSA) is 60.4 Å². The van der Waals surface area contributed by atoms with Crippen LogP contribution in [0.5, 0.6) is 0 Å². The minimum Gasteiger partial charge on any atom is -0.438 e. The number of benzene rings is 1. The highest BCUT2D eigenvalue weighted by atomic mass is 32.2. The van der Waals surface area contributed by atoms with Gasteiger partial charge in [-0.25, -0.2) is 13.2 Å². The lowest BCUT2D eigenvalue weighted by Crippen LogP contribution is -2.22. The summed E-state index contributed by atoms with van der Waals surface area (Å²) in [6, 6.07) is 8.71. The Morgan fingerprint density at radius 3 is 2.47 bits per heavy atom. The first-order valence-corrected chi connectivity index (χ1v) is 6.06. The van der Waals surface area contributed by atoms with Crippen LogP contribution < -0.4 is 0 Å². The van der Waals surface area contributed by atoms with Crippen LogP contribution in [0.4, 0.5) is 0 Å². The Morgan fingerprint density at radius 2 is 1.93 bits per heavy atom. The molecule has 0 aliphatic carbocycles. The molecule has 1 aromatic rings. The van der Waals surface area contributed by atoms with Gasteiger partial charge >= 0.3 is 6.47 Å². The molecule has 0 amide bonds. The van der Waals surface area contributed by atoms with E-state index in [1.165, 1.54) is 6.92 Å². The second-order valence-corrected chi connectivity index (χ2v) is 5.34. The fourth-order valence-corrected chi connectivity index (χ4v) is 2.14. The van der Waals surface area contributed by atoms with Crippen LogP contribution in [-0.2, 0) is 25.1 Å². The Kier molecular flexibility index (Phi) is 3.85. The monoisotopic (exact) mass is 227 g/mol. The van der Waals surface area contributed by atoms with Crippen molar-refractivity contribution in [2.45, 2.75) is 18.1 Å². The van der Waals surface area contributed by atoms with Crippen molar-refractivity contribution in [2.24, 2.45) is 0 Å². The smallest absolute Gasteiger partial charge is 0.418 e. The van der Waals surface area contributed by atoms with Crippen molar-refractivity contribution in [2.75, 3.05) is 0 Å². The van der Waals surface area contributed by atoms with E-state index in [4.69, 9.17) is 0 Å². The van der Waals surface area contributed by atoms with Gasteiger partial charge in [0.15, 0.2) is 15.3 Å². The summed E-state index contributed by atoms with van der Waals surface area (Å²) in [5.41, 5.74) is -0.492. The van der Waals surface area contributed by atoms with Crippen LogP contribution in [0, 0.1) is 0 Å². The number of sulfone groups is 1. The highest BCUT2D eigenvalue weighted by Crippen LogP contribution is 2.11. The van der Waals surface area contributed by atoms with Crippen LogP contribution in [0.25, 0.3) is 0 Å². The normalized spacial score (nSPS) is 13.1. The SMILES string of the molecule is CC(O[C]=O)S(=O)(=O)Cc1ccccc1. The van der Waals surface area contributed by atoms with Crippen molar-refractivity contribution in [1.29, 1.82) is 0 Å². The molecule has 1 rings (SSSR count). The maximum Gasteiger partial charge on any atom is 0.418 e. The Labute approximate surface area is 88.8 Å². The Hall–Kier alpha value is -1.36. The largest absolute Gasteiger partial charge is 0.438 e. The predicted molar refractivity (Wildman–Crippen MR) is 55.3 cm³/mol. The summed E-state index contributed by atoms with van der Waals surface area (Å²) in [6.45, 7) is 2.44.